The maximum absolute atomic E-state index is 13.1. The minimum Gasteiger partial charge on any atom is -0.267 e. The average Bonchev–Trinajstić information content (AvgIpc) is 2.92. The van der Waals surface area contributed by atoms with E-state index >= 15 is 0 Å². The van der Waals surface area contributed by atoms with Crippen LogP contribution >= 0.6 is 0 Å². The van der Waals surface area contributed by atoms with E-state index in [0.29, 0.717) is 27.7 Å². The van der Waals surface area contributed by atoms with Crippen LogP contribution in [0.4, 0.5) is 0 Å². The molecule has 0 saturated carbocycles. The predicted molar refractivity (Wildman–Crippen MR) is 105 cm³/mol. The zero-order valence-electron chi connectivity index (χ0n) is 15.8. The van der Waals surface area contributed by atoms with Crippen molar-refractivity contribution in [1.29, 1.82) is 0 Å². The summed E-state index contributed by atoms with van der Waals surface area (Å²) in [5, 5.41) is 1.41. The largest absolute Gasteiger partial charge is 0.282 e. The molecule has 28 heavy (non-hydrogen) atoms. The lowest BCUT2D eigenvalue weighted by Gasteiger charge is -2.15. The van der Waals surface area contributed by atoms with Gasteiger partial charge in [0.1, 0.15) is 0 Å². The predicted octanol–water partition coefficient (Wildman–Crippen LogP) is 3.61. The number of rotatable bonds is 3. The number of carbonyl (C=O) groups is 3. The SMILES string of the molecule is Cc1cccc(C(=O)NN2C(=O)c3c(C(C)C)nc4ccccc4c3C2=O)c1. The number of benzene rings is 2. The standard InChI is InChI=1S/C22H19N3O3/c1-12(2)19-18-17(15-9-4-5-10-16(15)23-19)21(27)25(22(18)28)24-20(26)14-8-6-7-13(3)11-14/h4-12H,1-3H3,(H,24,26). The number of aryl methyl sites for hydroxylation is 1. The molecule has 0 atom stereocenters. The molecule has 2 heterocycles. The van der Waals surface area contributed by atoms with Crippen LogP contribution in [0.15, 0.2) is 48.5 Å². The highest BCUT2D eigenvalue weighted by molar-refractivity contribution is 6.27. The fourth-order valence-corrected chi connectivity index (χ4v) is 3.46. The summed E-state index contributed by atoms with van der Waals surface area (Å²) in [6, 6.07) is 14.2. The normalized spacial score (nSPS) is 13.4. The number of amides is 3. The fourth-order valence-electron chi connectivity index (χ4n) is 3.46. The van der Waals surface area contributed by atoms with Crippen LogP contribution in [0.5, 0.6) is 0 Å². The molecule has 0 spiro atoms. The van der Waals surface area contributed by atoms with E-state index in [-0.39, 0.29) is 11.5 Å². The van der Waals surface area contributed by atoms with Crippen molar-refractivity contribution in [2.75, 3.05) is 0 Å². The van der Waals surface area contributed by atoms with E-state index in [0.717, 1.165) is 10.6 Å². The number of hydrogen-bond donors (Lipinski definition) is 1. The molecular weight excluding hydrogens is 354 g/mol. The molecule has 0 fully saturated rings. The highest BCUT2D eigenvalue weighted by Crippen LogP contribution is 2.33. The van der Waals surface area contributed by atoms with Gasteiger partial charge in [-0.25, -0.2) is 0 Å². The van der Waals surface area contributed by atoms with E-state index in [9.17, 15) is 14.4 Å². The van der Waals surface area contributed by atoms with Crippen LogP contribution in [0.1, 0.15) is 62.1 Å². The number of imide groups is 1. The molecule has 0 radical (unpaired) electrons. The van der Waals surface area contributed by atoms with Crippen molar-refractivity contribution < 1.29 is 14.4 Å². The van der Waals surface area contributed by atoms with Gasteiger partial charge in [0.05, 0.1) is 22.3 Å². The molecule has 3 amide bonds. The summed E-state index contributed by atoms with van der Waals surface area (Å²) in [5.41, 5.74) is 5.52. The lowest BCUT2D eigenvalue weighted by molar-refractivity contribution is 0.0518. The van der Waals surface area contributed by atoms with Crippen LogP contribution in [-0.2, 0) is 0 Å². The Bertz CT molecular complexity index is 1150. The minimum atomic E-state index is -0.553. The van der Waals surface area contributed by atoms with Gasteiger partial charge >= 0.3 is 0 Å². The molecule has 0 bridgehead atoms. The molecule has 1 aliphatic heterocycles. The Morgan fingerprint density at radius 2 is 1.71 bits per heavy atom. The van der Waals surface area contributed by atoms with Gasteiger partial charge in [-0.3, -0.25) is 24.8 Å². The van der Waals surface area contributed by atoms with Gasteiger partial charge in [-0.1, -0.05) is 49.7 Å². The van der Waals surface area contributed by atoms with E-state index in [4.69, 9.17) is 0 Å². The van der Waals surface area contributed by atoms with E-state index in [1.54, 1.807) is 30.3 Å². The second kappa shape index (κ2) is 6.56. The van der Waals surface area contributed by atoms with Crippen molar-refractivity contribution in [3.63, 3.8) is 0 Å². The van der Waals surface area contributed by atoms with Crippen LogP contribution in [0, 0.1) is 6.92 Å². The van der Waals surface area contributed by atoms with Gasteiger partial charge in [0.2, 0.25) is 0 Å². The number of nitrogens with zero attached hydrogens (tertiary/aromatic N) is 2. The van der Waals surface area contributed by atoms with Crippen molar-refractivity contribution in [2.45, 2.75) is 26.7 Å². The molecule has 3 aromatic rings. The van der Waals surface area contributed by atoms with Crippen molar-refractivity contribution in [3.8, 4) is 0 Å². The van der Waals surface area contributed by atoms with Gasteiger partial charge < -0.3 is 0 Å². The summed E-state index contributed by atoms with van der Waals surface area (Å²) in [4.78, 5) is 43.4. The van der Waals surface area contributed by atoms with Gasteiger partial charge in [-0.15, -0.1) is 0 Å². The monoisotopic (exact) mass is 373 g/mol. The van der Waals surface area contributed by atoms with Gasteiger partial charge in [0, 0.05) is 10.9 Å². The zero-order chi connectivity index (χ0) is 20.0. The van der Waals surface area contributed by atoms with Crippen molar-refractivity contribution >= 4 is 28.6 Å². The van der Waals surface area contributed by atoms with Crippen molar-refractivity contribution in [1.82, 2.24) is 15.4 Å². The number of aromatic nitrogens is 1. The molecule has 1 aliphatic rings. The molecule has 4 rings (SSSR count). The molecule has 0 aliphatic carbocycles. The summed E-state index contributed by atoms with van der Waals surface area (Å²) in [6.45, 7) is 5.71. The Morgan fingerprint density at radius 1 is 1.00 bits per heavy atom. The van der Waals surface area contributed by atoms with Gasteiger partial charge in [-0.05, 0) is 31.0 Å². The minimum absolute atomic E-state index is 0.0532. The van der Waals surface area contributed by atoms with E-state index < -0.39 is 17.7 Å². The third-order valence-electron chi connectivity index (χ3n) is 4.79. The van der Waals surface area contributed by atoms with Crippen molar-refractivity contribution in [2.24, 2.45) is 0 Å². The molecule has 6 nitrogen and oxygen atoms in total. The Kier molecular flexibility index (Phi) is 4.19. The van der Waals surface area contributed by atoms with Crippen LogP contribution in [-0.4, -0.2) is 27.7 Å². The maximum atomic E-state index is 13.1. The molecule has 0 saturated heterocycles. The first-order valence-corrected chi connectivity index (χ1v) is 9.07. The van der Waals surface area contributed by atoms with Gasteiger partial charge in [-0.2, -0.15) is 5.01 Å². The number of carbonyl (C=O) groups excluding carboxylic acids is 3. The zero-order valence-corrected chi connectivity index (χ0v) is 15.8. The number of para-hydroxylation sites is 1. The smallest absolute Gasteiger partial charge is 0.267 e. The van der Waals surface area contributed by atoms with Gasteiger partial charge in [0.15, 0.2) is 0 Å². The third-order valence-corrected chi connectivity index (χ3v) is 4.79. The molecular formula is C22H19N3O3. The number of hydrogen-bond acceptors (Lipinski definition) is 4. The number of hydrazine groups is 1. The quantitative estimate of drug-likeness (QED) is 0.712. The van der Waals surface area contributed by atoms with E-state index in [1.165, 1.54) is 0 Å². The fraction of sp³-hybridized carbons (Fsp3) is 0.182. The van der Waals surface area contributed by atoms with Crippen molar-refractivity contribution in [3.05, 3.63) is 76.5 Å². The lowest BCUT2D eigenvalue weighted by Crippen LogP contribution is -2.46. The third kappa shape index (κ3) is 2.74. The molecule has 0 unspecified atom stereocenters. The Hall–Kier alpha value is -3.54. The van der Waals surface area contributed by atoms with E-state index in [2.05, 4.69) is 10.4 Å². The second-order valence-corrected chi connectivity index (χ2v) is 7.18. The topological polar surface area (TPSA) is 79.4 Å². The molecule has 140 valence electrons. The number of fused-ring (bicyclic) bond motifs is 3. The lowest BCUT2D eigenvalue weighted by atomic mass is 9.97. The summed E-state index contributed by atoms with van der Waals surface area (Å²) in [7, 11) is 0. The molecule has 1 N–H and O–H groups in total. The summed E-state index contributed by atoms with van der Waals surface area (Å²) in [6.07, 6.45) is 0. The Labute approximate surface area is 162 Å². The highest BCUT2D eigenvalue weighted by Gasteiger charge is 2.41. The van der Waals surface area contributed by atoms with Gasteiger partial charge in [0.25, 0.3) is 17.7 Å². The molecule has 2 aromatic carbocycles. The number of nitrogens with one attached hydrogen (secondary N) is 1. The Balaban J connectivity index is 1.79. The maximum Gasteiger partial charge on any atom is 0.282 e. The number of pyridine rings is 1. The Morgan fingerprint density at radius 3 is 2.43 bits per heavy atom. The first kappa shape index (κ1) is 17.9. The average molecular weight is 373 g/mol. The summed E-state index contributed by atoms with van der Waals surface area (Å²) < 4.78 is 0. The molecule has 1 aromatic heterocycles. The van der Waals surface area contributed by atoms with Crippen LogP contribution in [0.3, 0.4) is 0 Å². The van der Waals surface area contributed by atoms with Crippen LogP contribution in [0.25, 0.3) is 10.9 Å². The summed E-state index contributed by atoms with van der Waals surface area (Å²) in [5.74, 6) is -1.66. The first-order chi connectivity index (χ1) is 13.4. The van der Waals surface area contributed by atoms with Crippen LogP contribution < -0.4 is 5.43 Å². The summed E-state index contributed by atoms with van der Waals surface area (Å²) >= 11 is 0. The highest BCUT2D eigenvalue weighted by atomic mass is 16.2. The first-order valence-electron chi connectivity index (χ1n) is 9.07. The second-order valence-electron chi connectivity index (χ2n) is 7.18. The molecule has 6 heteroatoms. The van der Waals surface area contributed by atoms with E-state index in [1.807, 2.05) is 39.0 Å². The van der Waals surface area contributed by atoms with Crippen LogP contribution in [0.2, 0.25) is 0 Å².